The van der Waals surface area contributed by atoms with E-state index in [1.54, 1.807) is 6.92 Å². The third-order valence-electron chi connectivity index (χ3n) is 3.13. The molecule has 0 aliphatic heterocycles. The summed E-state index contributed by atoms with van der Waals surface area (Å²) >= 11 is 3.32. The fourth-order valence-corrected chi connectivity index (χ4v) is 2.17. The first-order valence-corrected chi connectivity index (χ1v) is 7.94. The van der Waals surface area contributed by atoms with Crippen LogP contribution in [0.3, 0.4) is 0 Å². The van der Waals surface area contributed by atoms with Crippen LogP contribution in [0.15, 0.2) is 58.2 Å². The lowest BCUT2D eigenvalue weighted by Crippen LogP contribution is -2.18. The first kappa shape index (κ1) is 19.0. The third-order valence-corrected chi connectivity index (χ3v) is 3.66. The summed E-state index contributed by atoms with van der Waals surface area (Å²) in [5, 5.41) is 6.16. The number of hydrogen-bond acceptors (Lipinski definition) is 3. The number of anilines is 1. The minimum absolute atomic E-state index is 0.0389. The maximum absolute atomic E-state index is 12.6. The molecule has 1 N–H and O–H groups in total. The van der Waals surface area contributed by atoms with Crippen LogP contribution < -0.4 is 5.32 Å². The number of carbonyl (C=O) groups is 1. The van der Waals surface area contributed by atoms with Gasteiger partial charge in [-0.05, 0) is 42.8 Å². The van der Waals surface area contributed by atoms with Crippen LogP contribution in [0, 0.1) is 0 Å². The molecule has 0 heterocycles. The minimum atomic E-state index is -4.47. The van der Waals surface area contributed by atoms with Gasteiger partial charge >= 0.3 is 6.18 Å². The average Bonchev–Trinajstić information content (AvgIpc) is 2.55. The molecule has 132 valence electrons. The molecular weight excluding hydrogens is 401 g/mol. The number of nitrogens with one attached hydrogen (secondary N) is 1. The normalized spacial score (nSPS) is 12.0. The molecule has 0 spiro atoms. The molecule has 4 nitrogen and oxygen atoms in total. The molecule has 2 rings (SSSR count). The highest BCUT2D eigenvalue weighted by molar-refractivity contribution is 9.10. The zero-order valence-electron chi connectivity index (χ0n) is 13.1. The molecule has 1 amide bonds. The van der Waals surface area contributed by atoms with E-state index in [-0.39, 0.29) is 5.69 Å². The number of nitrogens with zero attached hydrogens (tertiary/aromatic N) is 1. The number of amides is 1. The van der Waals surface area contributed by atoms with Gasteiger partial charge in [-0.1, -0.05) is 39.3 Å². The highest BCUT2D eigenvalue weighted by Gasteiger charge is 2.30. The summed E-state index contributed by atoms with van der Waals surface area (Å²) < 4.78 is 38.8. The number of hydrogen-bond donors (Lipinski definition) is 1. The van der Waals surface area contributed by atoms with Crippen molar-refractivity contribution < 1.29 is 22.8 Å². The lowest BCUT2D eigenvalue weighted by Gasteiger charge is -2.09. The van der Waals surface area contributed by atoms with Crippen molar-refractivity contribution in [3.05, 3.63) is 64.1 Å². The number of carbonyl (C=O) groups excluding carboxylic acids is 1. The van der Waals surface area contributed by atoms with Gasteiger partial charge in [-0.3, -0.25) is 4.79 Å². The minimum Gasteiger partial charge on any atom is -0.385 e. The SMILES string of the molecule is C/C(=N\OCC(=O)Nc1cccc(C(F)(F)F)c1)c1ccc(Br)cc1. The molecule has 0 aliphatic rings. The lowest BCUT2D eigenvalue weighted by atomic mass is 10.1. The van der Waals surface area contributed by atoms with Gasteiger partial charge in [0.1, 0.15) is 0 Å². The van der Waals surface area contributed by atoms with E-state index in [0.717, 1.165) is 22.2 Å². The van der Waals surface area contributed by atoms with E-state index in [1.807, 2.05) is 24.3 Å². The van der Waals surface area contributed by atoms with Crippen molar-refractivity contribution in [3.8, 4) is 0 Å². The Labute approximate surface area is 150 Å². The number of halogens is 4. The van der Waals surface area contributed by atoms with Crippen LogP contribution in [0.5, 0.6) is 0 Å². The molecule has 2 aromatic rings. The highest BCUT2D eigenvalue weighted by atomic mass is 79.9. The molecule has 25 heavy (non-hydrogen) atoms. The first-order valence-electron chi connectivity index (χ1n) is 7.15. The van der Waals surface area contributed by atoms with Gasteiger partial charge in [0, 0.05) is 10.2 Å². The van der Waals surface area contributed by atoms with Crippen molar-refractivity contribution >= 4 is 33.2 Å². The standard InChI is InChI=1S/C17H14BrF3N2O2/c1-11(12-5-7-14(18)8-6-12)23-25-10-16(24)22-15-4-2-3-13(9-15)17(19,20)21/h2-9H,10H2,1H3,(H,22,24)/b23-11+. The Kier molecular flexibility index (Phi) is 6.19. The van der Waals surface area contributed by atoms with Gasteiger partial charge in [0.15, 0.2) is 6.61 Å². The van der Waals surface area contributed by atoms with Crippen molar-refractivity contribution in [1.82, 2.24) is 0 Å². The molecule has 0 saturated heterocycles. The second-order valence-electron chi connectivity index (χ2n) is 5.08. The van der Waals surface area contributed by atoms with E-state index in [4.69, 9.17) is 4.84 Å². The van der Waals surface area contributed by atoms with Crippen LogP contribution in [-0.4, -0.2) is 18.2 Å². The van der Waals surface area contributed by atoms with Gasteiger partial charge in [-0.25, -0.2) is 0 Å². The molecule has 8 heteroatoms. The number of oxime groups is 1. The summed E-state index contributed by atoms with van der Waals surface area (Å²) in [7, 11) is 0. The molecule has 0 radical (unpaired) electrons. The Morgan fingerprint density at radius 3 is 2.52 bits per heavy atom. The van der Waals surface area contributed by atoms with E-state index in [0.29, 0.717) is 5.71 Å². The summed E-state index contributed by atoms with van der Waals surface area (Å²) in [4.78, 5) is 16.7. The van der Waals surface area contributed by atoms with Crippen LogP contribution in [-0.2, 0) is 15.8 Å². The van der Waals surface area contributed by atoms with E-state index >= 15 is 0 Å². The second kappa shape index (κ2) is 8.15. The molecule has 0 atom stereocenters. The summed E-state index contributed by atoms with van der Waals surface area (Å²) in [6, 6.07) is 11.7. The maximum Gasteiger partial charge on any atom is 0.416 e. The Balaban J connectivity index is 1.90. The summed E-state index contributed by atoms with van der Waals surface area (Å²) in [6.45, 7) is 1.30. The van der Waals surface area contributed by atoms with Crippen molar-refractivity contribution in [2.75, 3.05) is 11.9 Å². The molecule has 0 fully saturated rings. The fourth-order valence-electron chi connectivity index (χ4n) is 1.90. The largest absolute Gasteiger partial charge is 0.416 e. The molecule has 0 bridgehead atoms. The highest BCUT2D eigenvalue weighted by Crippen LogP contribution is 2.30. The van der Waals surface area contributed by atoms with E-state index in [9.17, 15) is 18.0 Å². The average molecular weight is 415 g/mol. The summed E-state index contributed by atoms with van der Waals surface area (Å²) in [5.74, 6) is -0.605. The predicted molar refractivity (Wildman–Crippen MR) is 92.4 cm³/mol. The van der Waals surface area contributed by atoms with Gasteiger partial charge < -0.3 is 10.2 Å². The lowest BCUT2D eigenvalue weighted by molar-refractivity contribution is -0.137. The van der Waals surface area contributed by atoms with Crippen LogP contribution in [0.2, 0.25) is 0 Å². The quantitative estimate of drug-likeness (QED) is 0.561. The number of rotatable bonds is 5. The number of benzene rings is 2. The zero-order chi connectivity index (χ0) is 18.4. The second-order valence-corrected chi connectivity index (χ2v) is 6.00. The van der Waals surface area contributed by atoms with Gasteiger partial charge in [0.2, 0.25) is 0 Å². The van der Waals surface area contributed by atoms with E-state index < -0.39 is 24.3 Å². The molecule has 0 aliphatic carbocycles. The molecule has 0 unspecified atom stereocenters. The van der Waals surface area contributed by atoms with Crippen molar-refractivity contribution in [2.24, 2.45) is 5.16 Å². The number of alkyl halides is 3. The van der Waals surface area contributed by atoms with Crippen LogP contribution in [0.1, 0.15) is 18.1 Å². The third kappa shape index (κ3) is 5.90. The van der Waals surface area contributed by atoms with Crippen LogP contribution in [0.4, 0.5) is 18.9 Å². The van der Waals surface area contributed by atoms with Gasteiger partial charge in [-0.2, -0.15) is 13.2 Å². The maximum atomic E-state index is 12.6. The van der Waals surface area contributed by atoms with Crippen molar-refractivity contribution in [3.63, 3.8) is 0 Å². The van der Waals surface area contributed by atoms with Gasteiger partial charge in [0.05, 0.1) is 11.3 Å². The topological polar surface area (TPSA) is 50.7 Å². The Morgan fingerprint density at radius 1 is 1.20 bits per heavy atom. The van der Waals surface area contributed by atoms with Crippen molar-refractivity contribution in [2.45, 2.75) is 13.1 Å². The monoisotopic (exact) mass is 414 g/mol. The van der Waals surface area contributed by atoms with Crippen LogP contribution >= 0.6 is 15.9 Å². The summed E-state index contributed by atoms with van der Waals surface area (Å²) in [5.41, 5.74) is 0.591. The predicted octanol–water partition coefficient (Wildman–Crippen LogP) is 4.85. The van der Waals surface area contributed by atoms with Gasteiger partial charge in [-0.15, -0.1) is 0 Å². The Hall–Kier alpha value is -2.35. The van der Waals surface area contributed by atoms with E-state index in [2.05, 4.69) is 26.4 Å². The smallest absolute Gasteiger partial charge is 0.385 e. The molecule has 0 saturated carbocycles. The molecular formula is C17H14BrF3N2O2. The summed E-state index contributed by atoms with van der Waals surface area (Å²) in [6.07, 6.45) is -4.47. The molecule has 2 aromatic carbocycles. The Bertz CT molecular complexity index is 774. The fraction of sp³-hybridized carbons (Fsp3) is 0.176. The molecule has 0 aromatic heterocycles. The van der Waals surface area contributed by atoms with Crippen LogP contribution in [0.25, 0.3) is 0 Å². The van der Waals surface area contributed by atoms with E-state index in [1.165, 1.54) is 12.1 Å². The first-order chi connectivity index (χ1) is 11.8. The zero-order valence-corrected chi connectivity index (χ0v) is 14.7. The Morgan fingerprint density at radius 2 is 1.88 bits per heavy atom. The van der Waals surface area contributed by atoms with Gasteiger partial charge in [0.25, 0.3) is 5.91 Å². The van der Waals surface area contributed by atoms with Crippen molar-refractivity contribution in [1.29, 1.82) is 0 Å².